The normalized spacial score (nSPS) is 10.2. The molecule has 0 unspecified atom stereocenters. The minimum absolute atomic E-state index is 0.257. The van der Waals surface area contributed by atoms with Crippen LogP contribution in [0.5, 0.6) is 11.9 Å². The van der Waals surface area contributed by atoms with Crippen LogP contribution in [0.15, 0.2) is 12.3 Å². The quantitative estimate of drug-likeness (QED) is 0.818. The third-order valence-electron chi connectivity index (χ3n) is 2.62. The maximum atomic E-state index is 5.21. The number of rotatable bonds is 3. The molecule has 0 aliphatic carbocycles. The summed E-state index contributed by atoms with van der Waals surface area (Å²) < 4.78 is 10.2. The summed E-state index contributed by atoms with van der Waals surface area (Å²) in [4.78, 5) is 8.17. The summed E-state index contributed by atoms with van der Waals surface area (Å²) >= 11 is 0. The number of aryl methyl sites for hydroxylation is 2. The van der Waals surface area contributed by atoms with E-state index < -0.39 is 0 Å². The van der Waals surface area contributed by atoms with Crippen molar-refractivity contribution in [1.29, 1.82) is 0 Å². The van der Waals surface area contributed by atoms with Gasteiger partial charge in [-0.05, 0) is 25.5 Å². The molecule has 0 saturated carbocycles. The molecule has 0 radical (unpaired) electrons. The molecule has 0 N–H and O–H groups in total. The van der Waals surface area contributed by atoms with E-state index in [4.69, 9.17) is 9.47 Å². The van der Waals surface area contributed by atoms with Gasteiger partial charge in [0.25, 0.3) is 0 Å². The van der Waals surface area contributed by atoms with E-state index in [9.17, 15) is 0 Å². The first-order valence-electron chi connectivity index (χ1n) is 5.42. The lowest BCUT2D eigenvalue weighted by Gasteiger charge is -2.08. The first kappa shape index (κ1) is 12.2. The highest BCUT2D eigenvalue weighted by Gasteiger charge is 2.12. The second-order valence-electron chi connectivity index (χ2n) is 3.78. The van der Waals surface area contributed by atoms with E-state index >= 15 is 0 Å². The van der Waals surface area contributed by atoms with Crippen LogP contribution in [0.25, 0.3) is 11.3 Å². The Hall–Kier alpha value is -2.24. The van der Waals surface area contributed by atoms with Crippen LogP contribution < -0.4 is 9.47 Å². The molecule has 0 aromatic carbocycles. The third kappa shape index (κ3) is 2.22. The Balaban J connectivity index is 2.52. The number of aromatic nitrogens is 4. The van der Waals surface area contributed by atoms with Crippen molar-refractivity contribution in [3.8, 4) is 23.1 Å². The SMILES string of the molecule is COc1ncc(-c2cc(C)c(C)nn2)c(OC)n1. The highest BCUT2D eigenvalue weighted by molar-refractivity contribution is 5.64. The van der Waals surface area contributed by atoms with Gasteiger partial charge >= 0.3 is 6.01 Å². The van der Waals surface area contributed by atoms with Gasteiger partial charge in [-0.1, -0.05) is 0 Å². The molecule has 2 aromatic heterocycles. The van der Waals surface area contributed by atoms with Crippen LogP contribution in [0, 0.1) is 13.8 Å². The fourth-order valence-corrected chi connectivity index (χ4v) is 1.46. The molecule has 0 saturated heterocycles. The van der Waals surface area contributed by atoms with Crippen molar-refractivity contribution in [2.75, 3.05) is 14.2 Å². The molecule has 2 rings (SSSR count). The molecular weight excluding hydrogens is 232 g/mol. The van der Waals surface area contributed by atoms with Gasteiger partial charge in [-0.25, -0.2) is 4.98 Å². The summed E-state index contributed by atoms with van der Waals surface area (Å²) in [6.45, 7) is 3.89. The number of hydrogen-bond acceptors (Lipinski definition) is 6. The second kappa shape index (κ2) is 4.95. The fraction of sp³-hybridized carbons (Fsp3) is 0.333. The molecule has 0 bridgehead atoms. The van der Waals surface area contributed by atoms with Crippen LogP contribution >= 0.6 is 0 Å². The zero-order valence-electron chi connectivity index (χ0n) is 10.8. The Morgan fingerprint density at radius 3 is 2.44 bits per heavy atom. The topological polar surface area (TPSA) is 70.0 Å². The van der Waals surface area contributed by atoms with Crippen LogP contribution in [0.3, 0.4) is 0 Å². The molecule has 0 spiro atoms. The van der Waals surface area contributed by atoms with Gasteiger partial charge in [-0.3, -0.25) is 0 Å². The van der Waals surface area contributed by atoms with Gasteiger partial charge in [0.15, 0.2) is 0 Å². The van der Waals surface area contributed by atoms with Gasteiger partial charge in [0.1, 0.15) is 5.69 Å². The summed E-state index contributed by atoms with van der Waals surface area (Å²) in [5, 5.41) is 8.20. The molecule has 0 atom stereocenters. The Kier molecular flexibility index (Phi) is 3.36. The van der Waals surface area contributed by atoms with E-state index in [0.717, 1.165) is 11.3 Å². The largest absolute Gasteiger partial charge is 0.480 e. The average Bonchev–Trinajstić information content (AvgIpc) is 2.41. The minimum Gasteiger partial charge on any atom is -0.480 e. The van der Waals surface area contributed by atoms with Crippen molar-refractivity contribution in [3.63, 3.8) is 0 Å². The summed E-state index contributed by atoms with van der Waals surface area (Å²) in [7, 11) is 3.05. The summed E-state index contributed by atoms with van der Waals surface area (Å²) in [6, 6.07) is 2.18. The zero-order valence-corrected chi connectivity index (χ0v) is 10.8. The fourth-order valence-electron chi connectivity index (χ4n) is 1.46. The van der Waals surface area contributed by atoms with Crippen LogP contribution in [0.2, 0.25) is 0 Å². The molecule has 0 aliphatic heterocycles. The molecule has 0 amide bonds. The predicted molar refractivity (Wildman–Crippen MR) is 65.6 cm³/mol. The Labute approximate surface area is 105 Å². The highest BCUT2D eigenvalue weighted by Crippen LogP contribution is 2.27. The van der Waals surface area contributed by atoms with E-state index in [1.54, 1.807) is 13.3 Å². The van der Waals surface area contributed by atoms with Gasteiger partial charge in [-0.2, -0.15) is 10.1 Å². The van der Waals surface area contributed by atoms with Crippen LogP contribution in [0.1, 0.15) is 11.3 Å². The lowest BCUT2D eigenvalue weighted by molar-refractivity contribution is 0.353. The van der Waals surface area contributed by atoms with Crippen molar-refractivity contribution in [1.82, 2.24) is 20.2 Å². The average molecular weight is 246 g/mol. The van der Waals surface area contributed by atoms with Gasteiger partial charge in [0, 0.05) is 6.20 Å². The minimum atomic E-state index is 0.257. The number of nitrogens with zero attached hydrogens (tertiary/aromatic N) is 4. The summed E-state index contributed by atoms with van der Waals surface area (Å²) in [6.07, 6.45) is 1.61. The van der Waals surface area contributed by atoms with E-state index in [1.807, 2.05) is 19.9 Å². The Morgan fingerprint density at radius 2 is 1.83 bits per heavy atom. The molecule has 94 valence electrons. The summed E-state index contributed by atoms with van der Waals surface area (Å²) in [5.74, 6) is 0.416. The molecule has 6 heteroatoms. The van der Waals surface area contributed by atoms with Crippen molar-refractivity contribution >= 4 is 0 Å². The Bertz CT molecular complexity index is 572. The van der Waals surface area contributed by atoms with E-state index in [1.165, 1.54) is 7.11 Å². The van der Waals surface area contributed by atoms with E-state index in [-0.39, 0.29) is 6.01 Å². The lowest BCUT2D eigenvalue weighted by atomic mass is 10.1. The van der Waals surface area contributed by atoms with Crippen LogP contribution in [-0.2, 0) is 0 Å². The van der Waals surface area contributed by atoms with Crippen molar-refractivity contribution < 1.29 is 9.47 Å². The van der Waals surface area contributed by atoms with Crippen LogP contribution in [0.4, 0.5) is 0 Å². The molecular formula is C12H14N4O2. The maximum absolute atomic E-state index is 5.21. The van der Waals surface area contributed by atoms with Gasteiger partial charge in [0.05, 0.1) is 25.5 Å². The molecule has 18 heavy (non-hydrogen) atoms. The molecule has 6 nitrogen and oxygen atoms in total. The van der Waals surface area contributed by atoms with Gasteiger partial charge in [-0.15, -0.1) is 5.10 Å². The van der Waals surface area contributed by atoms with E-state index in [2.05, 4.69) is 20.2 Å². The molecule has 0 fully saturated rings. The highest BCUT2D eigenvalue weighted by atomic mass is 16.5. The second-order valence-corrected chi connectivity index (χ2v) is 3.78. The number of hydrogen-bond donors (Lipinski definition) is 0. The smallest absolute Gasteiger partial charge is 0.319 e. The predicted octanol–water partition coefficient (Wildman–Crippen LogP) is 1.57. The van der Waals surface area contributed by atoms with Crippen molar-refractivity contribution in [3.05, 3.63) is 23.5 Å². The first-order valence-corrected chi connectivity index (χ1v) is 5.42. The van der Waals surface area contributed by atoms with Gasteiger partial charge < -0.3 is 9.47 Å². The van der Waals surface area contributed by atoms with Crippen molar-refractivity contribution in [2.24, 2.45) is 0 Å². The number of ether oxygens (including phenoxy) is 2. The molecule has 2 aromatic rings. The lowest BCUT2D eigenvalue weighted by Crippen LogP contribution is -2.00. The zero-order chi connectivity index (χ0) is 13.1. The Morgan fingerprint density at radius 1 is 1.06 bits per heavy atom. The molecule has 2 heterocycles. The standard InChI is InChI=1S/C12H14N4O2/c1-7-5-10(16-15-8(7)2)9-6-13-12(18-4)14-11(9)17-3/h5-6H,1-4H3. The molecule has 0 aliphatic rings. The number of methoxy groups -OCH3 is 2. The monoisotopic (exact) mass is 246 g/mol. The third-order valence-corrected chi connectivity index (χ3v) is 2.62. The van der Waals surface area contributed by atoms with Crippen LogP contribution in [-0.4, -0.2) is 34.4 Å². The maximum Gasteiger partial charge on any atom is 0.319 e. The summed E-state index contributed by atoms with van der Waals surface area (Å²) in [5.41, 5.74) is 3.32. The van der Waals surface area contributed by atoms with Crippen molar-refractivity contribution in [2.45, 2.75) is 13.8 Å². The first-order chi connectivity index (χ1) is 8.65. The van der Waals surface area contributed by atoms with Gasteiger partial charge in [0.2, 0.25) is 5.88 Å². The van der Waals surface area contributed by atoms with E-state index in [0.29, 0.717) is 17.1 Å².